The summed E-state index contributed by atoms with van der Waals surface area (Å²) in [5.74, 6) is 0.804. The first-order valence-electron chi connectivity index (χ1n) is 8.30. The lowest BCUT2D eigenvalue weighted by molar-refractivity contribution is 0.111. The van der Waals surface area contributed by atoms with Gasteiger partial charge in [-0.15, -0.1) is 12.4 Å². The summed E-state index contributed by atoms with van der Waals surface area (Å²) in [7, 11) is 2.14. The molecule has 124 valence electrons. The van der Waals surface area contributed by atoms with Gasteiger partial charge in [0.1, 0.15) is 0 Å². The summed E-state index contributed by atoms with van der Waals surface area (Å²) in [5, 5.41) is 5.03. The summed E-state index contributed by atoms with van der Waals surface area (Å²) >= 11 is 12.4. The molecule has 3 rings (SSSR count). The standard InChI is InChI=1S/C18H25Cl2N.ClH/c1-21-17(13-6-3-2-4-7-13)18(10-5-11-18)14-8-9-15(19)16(20)12-14;/h8-9,12-13,17,21H,2-7,10-11H2,1H3;1H. The Hall–Kier alpha value is 0.0500. The number of likely N-dealkylation sites (N-methyl/N-ethyl adjacent to an activating group) is 1. The normalized spacial score (nSPS) is 22.5. The van der Waals surface area contributed by atoms with E-state index in [1.165, 1.54) is 56.9 Å². The van der Waals surface area contributed by atoms with E-state index >= 15 is 0 Å². The fourth-order valence-corrected chi connectivity index (χ4v) is 4.87. The molecule has 1 nitrogen and oxygen atoms in total. The molecule has 0 saturated heterocycles. The van der Waals surface area contributed by atoms with Crippen LogP contribution in [-0.4, -0.2) is 13.1 Å². The van der Waals surface area contributed by atoms with Gasteiger partial charge in [0.25, 0.3) is 0 Å². The molecule has 0 spiro atoms. The molecule has 1 atom stereocenters. The molecule has 2 aliphatic rings. The lowest BCUT2D eigenvalue weighted by Gasteiger charge is -2.52. The van der Waals surface area contributed by atoms with Crippen LogP contribution < -0.4 is 5.32 Å². The molecule has 22 heavy (non-hydrogen) atoms. The van der Waals surface area contributed by atoms with Gasteiger partial charge in [-0.2, -0.15) is 0 Å². The van der Waals surface area contributed by atoms with Gasteiger partial charge in [0.2, 0.25) is 0 Å². The van der Waals surface area contributed by atoms with Crippen molar-refractivity contribution in [3.05, 3.63) is 33.8 Å². The van der Waals surface area contributed by atoms with Gasteiger partial charge >= 0.3 is 0 Å². The molecular formula is C18H26Cl3N. The topological polar surface area (TPSA) is 12.0 Å². The molecule has 2 saturated carbocycles. The third-order valence-corrected chi connectivity index (χ3v) is 6.51. The SMILES string of the molecule is CNC(C1CCCCC1)C1(c2ccc(Cl)c(Cl)c2)CCC1.Cl. The van der Waals surface area contributed by atoms with Gasteiger partial charge in [-0.1, -0.05) is 55.0 Å². The van der Waals surface area contributed by atoms with E-state index in [0.29, 0.717) is 16.1 Å². The van der Waals surface area contributed by atoms with Crippen molar-refractivity contribution in [3.63, 3.8) is 0 Å². The molecule has 1 unspecified atom stereocenters. The minimum absolute atomic E-state index is 0. The van der Waals surface area contributed by atoms with Crippen molar-refractivity contribution in [1.82, 2.24) is 5.32 Å². The second-order valence-electron chi connectivity index (χ2n) is 6.80. The molecule has 0 aliphatic heterocycles. The average Bonchev–Trinajstić information content (AvgIpc) is 2.47. The summed E-state index contributed by atoms with van der Waals surface area (Å²) in [6.07, 6.45) is 10.8. The van der Waals surface area contributed by atoms with Crippen LogP contribution in [0.2, 0.25) is 10.0 Å². The number of halogens is 3. The van der Waals surface area contributed by atoms with Crippen LogP contribution in [0.5, 0.6) is 0 Å². The van der Waals surface area contributed by atoms with E-state index < -0.39 is 0 Å². The lowest BCUT2D eigenvalue weighted by Crippen LogP contribution is -2.55. The van der Waals surface area contributed by atoms with E-state index in [9.17, 15) is 0 Å². The number of hydrogen-bond acceptors (Lipinski definition) is 1. The molecule has 0 aromatic heterocycles. The molecule has 1 aromatic rings. The third-order valence-electron chi connectivity index (χ3n) is 5.77. The predicted molar refractivity (Wildman–Crippen MR) is 98.7 cm³/mol. The summed E-state index contributed by atoms with van der Waals surface area (Å²) in [4.78, 5) is 0. The summed E-state index contributed by atoms with van der Waals surface area (Å²) in [6.45, 7) is 0. The van der Waals surface area contributed by atoms with E-state index in [2.05, 4.69) is 24.5 Å². The second kappa shape index (κ2) is 7.75. The van der Waals surface area contributed by atoms with Crippen LogP contribution in [0.4, 0.5) is 0 Å². The van der Waals surface area contributed by atoms with Crippen LogP contribution in [0, 0.1) is 5.92 Å². The minimum Gasteiger partial charge on any atom is -0.316 e. The first-order valence-corrected chi connectivity index (χ1v) is 9.06. The highest BCUT2D eigenvalue weighted by atomic mass is 35.5. The maximum atomic E-state index is 6.28. The molecule has 0 heterocycles. The van der Waals surface area contributed by atoms with Crippen molar-refractivity contribution in [2.75, 3.05) is 7.05 Å². The molecule has 2 fully saturated rings. The summed E-state index contributed by atoms with van der Waals surface area (Å²) < 4.78 is 0. The Morgan fingerprint density at radius 2 is 1.73 bits per heavy atom. The molecule has 0 bridgehead atoms. The average molecular weight is 363 g/mol. The Labute approximate surface area is 150 Å². The van der Waals surface area contributed by atoms with Crippen molar-refractivity contribution in [1.29, 1.82) is 0 Å². The number of benzene rings is 1. The van der Waals surface area contributed by atoms with Crippen molar-refractivity contribution < 1.29 is 0 Å². The highest BCUT2D eigenvalue weighted by molar-refractivity contribution is 6.42. The van der Waals surface area contributed by atoms with Gasteiger partial charge in [0.15, 0.2) is 0 Å². The third kappa shape index (κ3) is 3.29. The first-order chi connectivity index (χ1) is 10.2. The largest absolute Gasteiger partial charge is 0.316 e. The van der Waals surface area contributed by atoms with Crippen molar-refractivity contribution in [2.45, 2.75) is 62.8 Å². The molecular weight excluding hydrogens is 337 g/mol. The van der Waals surface area contributed by atoms with Crippen LogP contribution in [0.15, 0.2) is 18.2 Å². The first kappa shape index (κ1) is 18.4. The van der Waals surface area contributed by atoms with Gasteiger partial charge in [-0.3, -0.25) is 0 Å². The van der Waals surface area contributed by atoms with Gasteiger partial charge in [0.05, 0.1) is 10.0 Å². The molecule has 4 heteroatoms. The predicted octanol–water partition coefficient (Wildman–Crippen LogP) is 6.01. The zero-order chi connectivity index (χ0) is 14.9. The van der Waals surface area contributed by atoms with Crippen LogP contribution in [0.25, 0.3) is 0 Å². The van der Waals surface area contributed by atoms with Crippen molar-refractivity contribution in [3.8, 4) is 0 Å². The Morgan fingerprint density at radius 3 is 2.23 bits per heavy atom. The fraction of sp³-hybridized carbons (Fsp3) is 0.667. The van der Waals surface area contributed by atoms with E-state index in [0.717, 1.165) is 5.92 Å². The van der Waals surface area contributed by atoms with Crippen molar-refractivity contribution >= 4 is 35.6 Å². The number of nitrogens with one attached hydrogen (secondary N) is 1. The summed E-state index contributed by atoms with van der Waals surface area (Å²) in [6, 6.07) is 6.84. The summed E-state index contributed by atoms with van der Waals surface area (Å²) in [5.41, 5.74) is 1.65. The smallest absolute Gasteiger partial charge is 0.0595 e. The number of hydrogen-bond donors (Lipinski definition) is 1. The Kier molecular flexibility index (Phi) is 6.48. The van der Waals surface area contributed by atoms with E-state index in [-0.39, 0.29) is 17.8 Å². The Morgan fingerprint density at radius 1 is 1.05 bits per heavy atom. The Bertz CT molecular complexity index is 493. The zero-order valence-corrected chi connectivity index (χ0v) is 15.5. The molecule has 0 radical (unpaired) electrons. The molecule has 2 aliphatic carbocycles. The monoisotopic (exact) mass is 361 g/mol. The van der Waals surface area contributed by atoms with Crippen LogP contribution in [0.3, 0.4) is 0 Å². The highest BCUT2D eigenvalue weighted by Crippen LogP contribution is 2.51. The van der Waals surface area contributed by atoms with Gasteiger partial charge in [-0.25, -0.2) is 0 Å². The quantitative estimate of drug-likeness (QED) is 0.692. The van der Waals surface area contributed by atoms with E-state index in [1.54, 1.807) is 0 Å². The molecule has 0 amide bonds. The minimum atomic E-state index is 0. The van der Waals surface area contributed by atoms with Gasteiger partial charge < -0.3 is 5.32 Å². The maximum absolute atomic E-state index is 6.28. The van der Waals surface area contributed by atoms with E-state index in [1.807, 2.05) is 6.07 Å². The highest BCUT2D eigenvalue weighted by Gasteiger charge is 2.47. The maximum Gasteiger partial charge on any atom is 0.0595 e. The van der Waals surface area contributed by atoms with Gasteiger partial charge in [0, 0.05) is 11.5 Å². The van der Waals surface area contributed by atoms with E-state index in [4.69, 9.17) is 23.2 Å². The van der Waals surface area contributed by atoms with Crippen LogP contribution >= 0.6 is 35.6 Å². The number of rotatable bonds is 4. The molecule has 1 aromatic carbocycles. The van der Waals surface area contributed by atoms with Crippen LogP contribution in [0.1, 0.15) is 56.9 Å². The van der Waals surface area contributed by atoms with Crippen molar-refractivity contribution in [2.24, 2.45) is 5.92 Å². The van der Waals surface area contributed by atoms with Gasteiger partial charge in [-0.05, 0) is 56.3 Å². The zero-order valence-electron chi connectivity index (χ0n) is 13.2. The lowest BCUT2D eigenvalue weighted by atomic mass is 9.56. The molecule has 1 N–H and O–H groups in total. The van der Waals surface area contributed by atoms with Crippen LogP contribution in [-0.2, 0) is 5.41 Å². The second-order valence-corrected chi connectivity index (χ2v) is 7.62. The fourth-order valence-electron chi connectivity index (χ4n) is 4.57. The Balaban J connectivity index is 0.00000176.